The summed E-state index contributed by atoms with van der Waals surface area (Å²) in [6, 6.07) is 13.6. The first-order valence-electron chi connectivity index (χ1n) is 12.1. The van der Waals surface area contributed by atoms with Gasteiger partial charge in [0.1, 0.15) is 0 Å². The molecule has 0 saturated carbocycles. The van der Waals surface area contributed by atoms with Crippen molar-refractivity contribution in [3.63, 3.8) is 0 Å². The molecule has 2 aromatic carbocycles. The van der Waals surface area contributed by atoms with Crippen molar-refractivity contribution in [1.29, 1.82) is 0 Å². The Morgan fingerprint density at radius 1 is 1.06 bits per heavy atom. The molecule has 6 heteroatoms. The third kappa shape index (κ3) is 7.74. The van der Waals surface area contributed by atoms with E-state index >= 15 is 0 Å². The predicted octanol–water partition coefficient (Wildman–Crippen LogP) is 5.81. The number of carbonyl (C=O) groups excluding carboxylic acids is 2. The monoisotopic (exact) mass is 479 g/mol. The number of amides is 2. The molecule has 2 aromatic rings. The maximum absolute atomic E-state index is 12.7. The van der Waals surface area contributed by atoms with Gasteiger partial charge in [-0.1, -0.05) is 69.3 Å². The van der Waals surface area contributed by atoms with Gasteiger partial charge in [0.15, 0.2) is 0 Å². The summed E-state index contributed by atoms with van der Waals surface area (Å²) in [5.41, 5.74) is 3.42. The van der Waals surface area contributed by atoms with E-state index in [0.717, 1.165) is 36.5 Å². The number of rotatable bonds is 10. The Balaban J connectivity index is 1.56. The lowest BCUT2D eigenvalue weighted by Crippen LogP contribution is -2.34. The maximum Gasteiger partial charge on any atom is 0.262 e. The normalized spacial score (nSPS) is 14.6. The van der Waals surface area contributed by atoms with Crippen LogP contribution < -0.4 is 10.6 Å². The van der Waals surface area contributed by atoms with Crippen molar-refractivity contribution >= 4 is 35.3 Å². The van der Waals surface area contributed by atoms with E-state index in [1.54, 1.807) is 6.07 Å². The number of thioether (sulfide) groups is 1. The fourth-order valence-electron chi connectivity index (χ4n) is 4.01. The van der Waals surface area contributed by atoms with Crippen molar-refractivity contribution in [3.05, 3.63) is 64.1 Å². The second-order valence-electron chi connectivity index (χ2n) is 9.84. The Morgan fingerprint density at radius 3 is 2.38 bits per heavy atom. The molecule has 2 amide bonds. The minimum atomic E-state index is -0.147. The lowest BCUT2D eigenvalue weighted by atomic mass is 10.1. The van der Waals surface area contributed by atoms with Crippen LogP contribution in [0.3, 0.4) is 0 Å². The summed E-state index contributed by atoms with van der Waals surface area (Å²) in [4.78, 5) is 29.4. The highest BCUT2D eigenvalue weighted by molar-refractivity contribution is 8.04. The van der Waals surface area contributed by atoms with Gasteiger partial charge < -0.3 is 15.5 Å². The molecule has 0 radical (unpaired) electrons. The lowest BCUT2D eigenvalue weighted by Gasteiger charge is -2.26. The Kier molecular flexibility index (Phi) is 9.36. The molecule has 182 valence electrons. The fourth-order valence-corrected chi connectivity index (χ4v) is 4.94. The second kappa shape index (κ2) is 12.2. The largest absolute Gasteiger partial charge is 0.352 e. The van der Waals surface area contributed by atoms with Crippen LogP contribution >= 0.6 is 11.8 Å². The van der Waals surface area contributed by atoms with Gasteiger partial charge in [-0.05, 0) is 61.6 Å². The minimum Gasteiger partial charge on any atom is -0.352 e. The first-order valence-corrected chi connectivity index (χ1v) is 12.9. The molecular formula is C28H37N3O2S. The molecule has 0 spiro atoms. The number of aryl methyl sites for hydroxylation is 1. The van der Waals surface area contributed by atoms with E-state index in [-0.39, 0.29) is 11.8 Å². The molecule has 0 unspecified atom stereocenters. The van der Waals surface area contributed by atoms with Gasteiger partial charge >= 0.3 is 0 Å². The molecule has 0 bridgehead atoms. The van der Waals surface area contributed by atoms with Crippen LogP contribution in [-0.4, -0.2) is 42.9 Å². The average Bonchev–Trinajstić information content (AvgIpc) is 2.77. The van der Waals surface area contributed by atoms with Gasteiger partial charge in [0, 0.05) is 30.1 Å². The van der Waals surface area contributed by atoms with E-state index in [9.17, 15) is 9.59 Å². The zero-order chi connectivity index (χ0) is 24.7. The summed E-state index contributed by atoms with van der Waals surface area (Å²) in [6.07, 6.45) is 2.81. The number of benzene rings is 2. The molecule has 5 nitrogen and oxygen atoms in total. The number of anilines is 1. The van der Waals surface area contributed by atoms with Crippen molar-refractivity contribution in [3.8, 4) is 0 Å². The maximum atomic E-state index is 12.7. The molecule has 0 fully saturated rings. The van der Waals surface area contributed by atoms with Crippen LogP contribution in [-0.2, 0) is 4.79 Å². The van der Waals surface area contributed by atoms with E-state index in [0.29, 0.717) is 34.5 Å². The van der Waals surface area contributed by atoms with Gasteiger partial charge in [-0.15, -0.1) is 0 Å². The first-order chi connectivity index (χ1) is 16.2. The molecule has 3 rings (SSSR count). The van der Waals surface area contributed by atoms with E-state index in [1.165, 1.54) is 17.3 Å². The smallest absolute Gasteiger partial charge is 0.262 e. The van der Waals surface area contributed by atoms with Crippen LogP contribution in [0.4, 0.5) is 5.69 Å². The molecule has 0 atom stereocenters. The highest BCUT2D eigenvalue weighted by Gasteiger charge is 2.22. The summed E-state index contributed by atoms with van der Waals surface area (Å²) < 4.78 is 0. The summed E-state index contributed by atoms with van der Waals surface area (Å²) in [6.45, 7) is 14.8. The Morgan fingerprint density at radius 2 is 1.74 bits per heavy atom. The fraction of sp³-hybridized carbons (Fsp3) is 0.429. The van der Waals surface area contributed by atoms with Gasteiger partial charge in [-0.25, -0.2) is 0 Å². The van der Waals surface area contributed by atoms with Gasteiger partial charge in [0.05, 0.1) is 10.6 Å². The van der Waals surface area contributed by atoms with Crippen molar-refractivity contribution in [1.82, 2.24) is 10.2 Å². The van der Waals surface area contributed by atoms with Crippen LogP contribution in [0.15, 0.2) is 52.3 Å². The van der Waals surface area contributed by atoms with Gasteiger partial charge in [0.2, 0.25) is 0 Å². The Labute approximate surface area is 208 Å². The number of hydrogen-bond acceptors (Lipinski definition) is 4. The standard InChI is InChI=1S/C28H37N3O2S/c1-19(2)17-31(18-20(3)4)14-6-13-29-27(32)23-11-12-25-24(16-23)30-28(33)26(34-25)15-22-9-7-21(5)8-10-22/h7-12,15-16,19-20H,6,13-14,17-18H2,1-5H3,(H,29,32)(H,30,33)/b26-15+. The molecule has 2 N–H and O–H groups in total. The summed E-state index contributed by atoms with van der Waals surface area (Å²) in [5.74, 6) is 1.00. The zero-order valence-corrected chi connectivity index (χ0v) is 21.8. The highest BCUT2D eigenvalue weighted by Crippen LogP contribution is 2.39. The SMILES string of the molecule is Cc1ccc(/C=C2/Sc3ccc(C(=O)NCCCN(CC(C)C)CC(C)C)cc3NC2=O)cc1. The van der Waals surface area contributed by atoms with Crippen LogP contribution in [0, 0.1) is 18.8 Å². The highest BCUT2D eigenvalue weighted by atomic mass is 32.2. The Hall–Kier alpha value is -2.57. The molecule has 0 aliphatic carbocycles. The number of carbonyl (C=O) groups is 2. The summed E-state index contributed by atoms with van der Waals surface area (Å²) >= 11 is 1.43. The van der Waals surface area contributed by atoms with E-state index in [1.807, 2.05) is 49.4 Å². The van der Waals surface area contributed by atoms with Crippen LogP contribution in [0.2, 0.25) is 0 Å². The van der Waals surface area contributed by atoms with Gasteiger partial charge in [0.25, 0.3) is 11.8 Å². The van der Waals surface area contributed by atoms with Gasteiger partial charge in [-0.3, -0.25) is 9.59 Å². The van der Waals surface area contributed by atoms with Crippen molar-refractivity contribution < 1.29 is 9.59 Å². The lowest BCUT2D eigenvalue weighted by molar-refractivity contribution is -0.112. The molecule has 1 aliphatic heterocycles. The first kappa shape index (κ1) is 26.0. The average molecular weight is 480 g/mol. The molecular weight excluding hydrogens is 442 g/mol. The number of fused-ring (bicyclic) bond motifs is 1. The molecule has 1 heterocycles. The second-order valence-corrected chi connectivity index (χ2v) is 10.9. The van der Waals surface area contributed by atoms with E-state index in [2.05, 4.69) is 43.2 Å². The topological polar surface area (TPSA) is 61.4 Å². The summed E-state index contributed by atoms with van der Waals surface area (Å²) in [7, 11) is 0. The summed E-state index contributed by atoms with van der Waals surface area (Å²) in [5, 5.41) is 5.97. The minimum absolute atomic E-state index is 0.109. The van der Waals surface area contributed by atoms with Crippen LogP contribution in [0.5, 0.6) is 0 Å². The van der Waals surface area contributed by atoms with E-state index in [4.69, 9.17) is 0 Å². The van der Waals surface area contributed by atoms with E-state index < -0.39 is 0 Å². The van der Waals surface area contributed by atoms with Crippen LogP contribution in [0.25, 0.3) is 6.08 Å². The molecule has 0 aromatic heterocycles. The van der Waals surface area contributed by atoms with Crippen LogP contribution in [0.1, 0.15) is 55.6 Å². The molecule has 1 aliphatic rings. The molecule has 34 heavy (non-hydrogen) atoms. The zero-order valence-electron chi connectivity index (χ0n) is 21.0. The van der Waals surface area contributed by atoms with Crippen molar-refractivity contribution in [2.24, 2.45) is 11.8 Å². The number of hydrogen-bond donors (Lipinski definition) is 2. The van der Waals surface area contributed by atoms with Gasteiger partial charge in [-0.2, -0.15) is 0 Å². The van der Waals surface area contributed by atoms with Crippen molar-refractivity contribution in [2.45, 2.75) is 45.9 Å². The molecule has 0 saturated heterocycles. The predicted molar refractivity (Wildman–Crippen MR) is 143 cm³/mol. The van der Waals surface area contributed by atoms with Crippen molar-refractivity contribution in [2.75, 3.05) is 31.5 Å². The number of nitrogens with zero attached hydrogens (tertiary/aromatic N) is 1. The third-order valence-electron chi connectivity index (χ3n) is 5.49. The number of nitrogens with one attached hydrogen (secondary N) is 2. The third-order valence-corrected chi connectivity index (χ3v) is 6.59. The Bertz CT molecular complexity index is 1020. The quantitative estimate of drug-likeness (QED) is 0.333.